The molecule has 1 heterocycles. The van der Waals surface area contributed by atoms with Gasteiger partial charge < -0.3 is 9.84 Å². The fourth-order valence-corrected chi connectivity index (χ4v) is 0.797. The van der Waals surface area contributed by atoms with Crippen molar-refractivity contribution in [2.45, 2.75) is 12.6 Å². The van der Waals surface area contributed by atoms with E-state index in [0.29, 0.717) is 0 Å². The van der Waals surface area contributed by atoms with Gasteiger partial charge in [0.2, 0.25) is 0 Å². The summed E-state index contributed by atoms with van der Waals surface area (Å²) in [6.45, 7) is -0.165. The number of hydrogen-bond acceptors (Lipinski definition) is 5. The molecule has 2 N–H and O–H groups in total. The molecule has 13 heavy (non-hydrogen) atoms. The van der Waals surface area contributed by atoms with Crippen LogP contribution in [0.25, 0.3) is 0 Å². The molecule has 1 aromatic heterocycles. The molecule has 0 fully saturated rings. The van der Waals surface area contributed by atoms with Gasteiger partial charge in [-0.1, -0.05) is 0 Å². The number of hydrogen-bond donors (Lipinski definition) is 2. The van der Waals surface area contributed by atoms with Gasteiger partial charge in [0.15, 0.2) is 6.10 Å². The van der Waals surface area contributed by atoms with Crippen LogP contribution in [0.2, 0.25) is 0 Å². The molecule has 0 saturated carbocycles. The van der Waals surface area contributed by atoms with Crippen molar-refractivity contribution in [2.24, 2.45) is 0 Å². The summed E-state index contributed by atoms with van der Waals surface area (Å²) < 4.78 is 5.34. The van der Waals surface area contributed by atoms with E-state index in [1.54, 1.807) is 0 Å². The first kappa shape index (κ1) is 9.46. The van der Waals surface area contributed by atoms with Crippen LogP contribution in [0.3, 0.4) is 0 Å². The van der Waals surface area contributed by atoms with Gasteiger partial charge >= 0.3 is 11.7 Å². The second-order valence-corrected chi connectivity index (χ2v) is 2.35. The fourth-order valence-electron chi connectivity index (χ4n) is 0.797. The number of carbonyl (C=O) groups is 1. The Morgan fingerprint density at radius 3 is 3.08 bits per heavy atom. The lowest BCUT2D eigenvalue weighted by molar-refractivity contribution is -0.151. The summed E-state index contributed by atoms with van der Waals surface area (Å²) in [7, 11) is 1.16. The van der Waals surface area contributed by atoms with Crippen molar-refractivity contribution in [3.8, 4) is 0 Å². The molecule has 0 aliphatic carbocycles. The predicted octanol–water partition coefficient (Wildman–Crippen LogP) is -1.89. The van der Waals surface area contributed by atoms with Gasteiger partial charge in [0.25, 0.3) is 0 Å². The van der Waals surface area contributed by atoms with Crippen LogP contribution in [0.4, 0.5) is 0 Å². The van der Waals surface area contributed by atoms with Crippen molar-refractivity contribution in [3.05, 3.63) is 16.8 Å². The molecule has 0 aliphatic heterocycles. The van der Waals surface area contributed by atoms with Crippen molar-refractivity contribution in [3.63, 3.8) is 0 Å². The molecular formula is C6H9N3O4. The number of aromatic nitrogens is 3. The van der Waals surface area contributed by atoms with Crippen LogP contribution in [0, 0.1) is 0 Å². The summed E-state index contributed by atoms with van der Waals surface area (Å²) in [4.78, 5) is 21.6. The first-order valence-corrected chi connectivity index (χ1v) is 3.51. The minimum Gasteiger partial charge on any atom is -0.467 e. The van der Waals surface area contributed by atoms with Crippen LogP contribution in [-0.4, -0.2) is 39.1 Å². The zero-order valence-corrected chi connectivity index (χ0v) is 6.93. The Morgan fingerprint density at radius 2 is 2.62 bits per heavy atom. The van der Waals surface area contributed by atoms with Crippen molar-refractivity contribution in [1.29, 1.82) is 0 Å². The highest BCUT2D eigenvalue weighted by Crippen LogP contribution is 1.90. The molecular weight excluding hydrogens is 178 g/mol. The van der Waals surface area contributed by atoms with Gasteiger partial charge in [0.1, 0.15) is 6.33 Å². The molecule has 72 valence electrons. The highest BCUT2D eigenvalue weighted by Gasteiger charge is 2.16. The number of carbonyl (C=O) groups excluding carboxylic acids is 1. The summed E-state index contributed by atoms with van der Waals surface area (Å²) in [6, 6.07) is 0. The number of H-pyrrole nitrogens is 1. The highest BCUT2D eigenvalue weighted by atomic mass is 16.5. The topological polar surface area (TPSA) is 97.2 Å². The van der Waals surface area contributed by atoms with E-state index in [-0.39, 0.29) is 6.54 Å². The van der Waals surface area contributed by atoms with Crippen LogP contribution in [0.15, 0.2) is 11.1 Å². The van der Waals surface area contributed by atoms with E-state index in [1.165, 1.54) is 6.33 Å². The molecule has 7 nitrogen and oxygen atoms in total. The number of aromatic amines is 1. The molecule has 0 amide bonds. The number of methoxy groups -OCH3 is 1. The van der Waals surface area contributed by atoms with Gasteiger partial charge in [0.05, 0.1) is 13.7 Å². The van der Waals surface area contributed by atoms with Gasteiger partial charge in [-0.05, 0) is 0 Å². The predicted molar refractivity (Wildman–Crippen MR) is 40.9 cm³/mol. The minimum atomic E-state index is -1.35. The first-order chi connectivity index (χ1) is 6.15. The number of rotatable bonds is 3. The number of ether oxygens (including phenoxy) is 1. The Morgan fingerprint density at radius 1 is 1.92 bits per heavy atom. The zero-order chi connectivity index (χ0) is 9.84. The van der Waals surface area contributed by atoms with Crippen LogP contribution >= 0.6 is 0 Å². The third kappa shape index (κ3) is 2.15. The van der Waals surface area contributed by atoms with Gasteiger partial charge in [-0.25, -0.2) is 14.7 Å². The average molecular weight is 187 g/mol. The number of aliphatic hydroxyl groups is 1. The van der Waals surface area contributed by atoms with Crippen molar-refractivity contribution in [2.75, 3.05) is 7.11 Å². The smallest absolute Gasteiger partial charge is 0.343 e. The number of nitrogens with one attached hydrogen (secondary N) is 1. The third-order valence-electron chi connectivity index (χ3n) is 1.46. The van der Waals surface area contributed by atoms with Crippen molar-refractivity contribution < 1.29 is 14.6 Å². The Kier molecular flexibility index (Phi) is 2.80. The SMILES string of the molecule is COC(=O)C(O)Cn1cn[nH]c1=O. The van der Waals surface area contributed by atoms with Gasteiger partial charge in [-0.15, -0.1) is 0 Å². The largest absolute Gasteiger partial charge is 0.467 e. The standard InChI is InChI=1S/C6H9N3O4/c1-13-5(11)4(10)2-9-3-7-8-6(9)12/h3-4,10H,2H2,1H3,(H,8,12). The summed E-state index contributed by atoms with van der Waals surface area (Å²) in [6.07, 6.45) is -0.158. The molecule has 0 saturated heterocycles. The molecule has 1 rings (SSSR count). The molecule has 0 aromatic carbocycles. The number of esters is 1. The Hall–Kier alpha value is -1.63. The maximum absolute atomic E-state index is 10.8. The highest BCUT2D eigenvalue weighted by molar-refractivity contribution is 5.73. The van der Waals surface area contributed by atoms with Crippen LogP contribution in [0.1, 0.15) is 0 Å². The molecule has 1 aromatic rings. The lowest BCUT2D eigenvalue weighted by Crippen LogP contribution is -2.30. The second kappa shape index (κ2) is 3.85. The first-order valence-electron chi connectivity index (χ1n) is 3.51. The second-order valence-electron chi connectivity index (χ2n) is 2.35. The summed E-state index contributed by atoms with van der Waals surface area (Å²) in [5.74, 6) is -0.784. The maximum Gasteiger partial charge on any atom is 0.343 e. The quantitative estimate of drug-likeness (QED) is 0.539. The summed E-state index contributed by atoms with van der Waals surface area (Å²) in [5.41, 5.74) is -0.483. The normalized spacial score (nSPS) is 12.5. The molecule has 0 aliphatic rings. The van der Waals surface area contributed by atoms with Crippen LogP contribution < -0.4 is 5.69 Å². The Bertz CT molecular complexity index is 342. The monoisotopic (exact) mass is 187 g/mol. The van der Waals surface area contributed by atoms with E-state index in [9.17, 15) is 9.59 Å². The Balaban J connectivity index is 2.65. The van der Waals surface area contributed by atoms with Gasteiger partial charge in [0, 0.05) is 0 Å². The maximum atomic E-state index is 10.8. The average Bonchev–Trinajstić information content (AvgIpc) is 2.50. The summed E-state index contributed by atoms with van der Waals surface area (Å²) >= 11 is 0. The minimum absolute atomic E-state index is 0.165. The zero-order valence-electron chi connectivity index (χ0n) is 6.93. The van der Waals surface area contributed by atoms with Crippen molar-refractivity contribution >= 4 is 5.97 Å². The lowest BCUT2D eigenvalue weighted by Gasteiger charge is -2.06. The lowest BCUT2D eigenvalue weighted by atomic mass is 10.3. The fraction of sp³-hybridized carbons (Fsp3) is 0.500. The molecule has 7 heteroatoms. The molecule has 0 bridgehead atoms. The molecule has 0 spiro atoms. The van der Waals surface area contributed by atoms with E-state index in [2.05, 4.69) is 14.9 Å². The number of nitrogens with zero attached hydrogens (tertiary/aromatic N) is 2. The van der Waals surface area contributed by atoms with E-state index in [4.69, 9.17) is 5.11 Å². The third-order valence-corrected chi connectivity index (χ3v) is 1.46. The van der Waals surface area contributed by atoms with Crippen LogP contribution in [-0.2, 0) is 16.1 Å². The van der Waals surface area contributed by atoms with E-state index in [0.717, 1.165) is 11.7 Å². The van der Waals surface area contributed by atoms with E-state index < -0.39 is 17.8 Å². The molecule has 1 unspecified atom stereocenters. The van der Waals surface area contributed by atoms with Crippen LogP contribution in [0.5, 0.6) is 0 Å². The summed E-state index contributed by atoms with van der Waals surface area (Å²) in [5, 5.41) is 14.7. The molecule has 0 radical (unpaired) electrons. The number of aliphatic hydroxyl groups excluding tert-OH is 1. The molecule has 1 atom stereocenters. The van der Waals surface area contributed by atoms with Gasteiger partial charge in [-0.2, -0.15) is 5.10 Å². The Labute approximate surface area is 72.9 Å². The van der Waals surface area contributed by atoms with Gasteiger partial charge in [-0.3, -0.25) is 4.57 Å². The van der Waals surface area contributed by atoms with Crippen molar-refractivity contribution in [1.82, 2.24) is 14.8 Å². The van der Waals surface area contributed by atoms with E-state index in [1.807, 2.05) is 0 Å². The van der Waals surface area contributed by atoms with E-state index >= 15 is 0 Å².